The Kier molecular flexibility index (Phi) is 4.36. The van der Waals surface area contributed by atoms with Crippen molar-refractivity contribution in [1.82, 2.24) is 20.3 Å². The van der Waals surface area contributed by atoms with Gasteiger partial charge in [-0.05, 0) is 24.2 Å². The highest BCUT2D eigenvalue weighted by atomic mass is 35.5. The Labute approximate surface area is 139 Å². The lowest BCUT2D eigenvalue weighted by Gasteiger charge is -2.38. The molecule has 0 unspecified atom stereocenters. The molecule has 3 rings (SSSR count). The van der Waals surface area contributed by atoms with Crippen LogP contribution in [-0.4, -0.2) is 53.5 Å². The van der Waals surface area contributed by atoms with Crippen molar-refractivity contribution in [2.75, 3.05) is 24.2 Å². The van der Waals surface area contributed by atoms with Gasteiger partial charge in [-0.3, -0.25) is 0 Å². The number of carboxylic acid groups (broad SMARTS) is 1. The lowest BCUT2D eigenvalue weighted by atomic mass is 10.4. The molecule has 3 heterocycles. The van der Waals surface area contributed by atoms with Crippen molar-refractivity contribution in [1.29, 1.82) is 0 Å². The largest absolute Gasteiger partial charge is 0.465 e. The van der Waals surface area contributed by atoms with Crippen molar-refractivity contribution in [2.24, 2.45) is 0 Å². The molecule has 23 heavy (non-hydrogen) atoms. The van der Waals surface area contributed by atoms with Gasteiger partial charge in [0.15, 0.2) is 5.65 Å². The van der Waals surface area contributed by atoms with Crippen LogP contribution in [0.1, 0.15) is 0 Å². The lowest BCUT2D eigenvalue weighted by Crippen LogP contribution is -2.52. The second-order valence-corrected chi connectivity index (χ2v) is 11.5. The van der Waals surface area contributed by atoms with Crippen LogP contribution in [0, 0.1) is 0 Å². The summed E-state index contributed by atoms with van der Waals surface area (Å²) in [6.45, 7) is 4.01. The number of hydrogen-bond donors (Lipinski definition) is 2. The topological polar surface area (TPSA) is 91.2 Å². The number of nitrogens with one attached hydrogen (secondary N) is 1. The number of amides is 1. The molecule has 2 N–H and O–H groups in total. The molecule has 1 amide bonds. The normalized spacial score (nSPS) is 17.2. The minimum atomic E-state index is -1.55. The summed E-state index contributed by atoms with van der Waals surface area (Å²) in [6, 6.07) is 5.60. The summed E-state index contributed by atoms with van der Waals surface area (Å²) in [5, 5.41) is 11.7. The van der Waals surface area contributed by atoms with Gasteiger partial charge in [-0.15, -0.1) is 0 Å². The van der Waals surface area contributed by atoms with E-state index in [4.69, 9.17) is 16.7 Å². The van der Waals surface area contributed by atoms with E-state index < -0.39 is 14.2 Å². The standard InChI is InChI=1S/C14H18ClN5O2Si/c1-23(9-17-14(21)22)6-4-20(5-7-23)12-8-16-13-10(18-12)2-3-11(15)19-13/h2-3,8,17H,4-7,9H2,1H3,(H,21,22). The zero-order chi connectivity index (χ0) is 16.4. The van der Waals surface area contributed by atoms with Crippen LogP contribution >= 0.6 is 11.6 Å². The first-order valence-electron chi connectivity index (χ1n) is 7.46. The number of anilines is 1. The van der Waals surface area contributed by atoms with Gasteiger partial charge in [0.1, 0.15) is 16.5 Å². The Hall–Kier alpha value is -1.93. The van der Waals surface area contributed by atoms with Crippen LogP contribution in [-0.2, 0) is 0 Å². The Morgan fingerprint density at radius 3 is 2.83 bits per heavy atom. The van der Waals surface area contributed by atoms with E-state index in [1.54, 1.807) is 12.3 Å². The Balaban J connectivity index is 1.70. The molecule has 0 aliphatic carbocycles. The van der Waals surface area contributed by atoms with Crippen molar-refractivity contribution in [3.63, 3.8) is 0 Å². The zero-order valence-corrected chi connectivity index (χ0v) is 14.5. The molecule has 1 aliphatic rings. The van der Waals surface area contributed by atoms with Crippen LogP contribution in [0.15, 0.2) is 18.3 Å². The number of pyridine rings is 1. The van der Waals surface area contributed by atoms with E-state index >= 15 is 0 Å². The predicted octanol–water partition coefficient (Wildman–Crippen LogP) is 2.38. The smallest absolute Gasteiger partial charge is 0.404 e. The molecule has 0 bridgehead atoms. The molecular formula is C14H18ClN5O2Si. The van der Waals surface area contributed by atoms with E-state index in [-0.39, 0.29) is 0 Å². The molecule has 122 valence electrons. The van der Waals surface area contributed by atoms with Gasteiger partial charge in [0, 0.05) is 19.3 Å². The van der Waals surface area contributed by atoms with E-state index in [1.807, 2.05) is 6.07 Å². The van der Waals surface area contributed by atoms with E-state index in [2.05, 4.69) is 31.7 Å². The Morgan fingerprint density at radius 2 is 2.13 bits per heavy atom. The lowest BCUT2D eigenvalue weighted by molar-refractivity contribution is 0.196. The molecule has 2 aromatic heterocycles. The van der Waals surface area contributed by atoms with E-state index in [0.717, 1.165) is 36.5 Å². The van der Waals surface area contributed by atoms with Gasteiger partial charge in [-0.25, -0.2) is 19.7 Å². The second-order valence-electron chi connectivity index (χ2n) is 6.16. The summed E-state index contributed by atoms with van der Waals surface area (Å²) in [7, 11) is -1.55. The molecule has 0 aromatic carbocycles. The second kappa shape index (κ2) is 6.29. The number of nitrogens with zero attached hydrogens (tertiary/aromatic N) is 4. The number of hydrogen-bond acceptors (Lipinski definition) is 5. The van der Waals surface area contributed by atoms with Crippen molar-refractivity contribution >= 4 is 42.7 Å². The molecular weight excluding hydrogens is 334 g/mol. The first kappa shape index (κ1) is 15.9. The van der Waals surface area contributed by atoms with E-state index in [0.29, 0.717) is 17.0 Å². The molecule has 2 aromatic rings. The first-order valence-corrected chi connectivity index (χ1v) is 11.0. The van der Waals surface area contributed by atoms with Crippen molar-refractivity contribution in [2.45, 2.75) is 18.6 Å². The molecule has 9 heteroatoms. The quantitative estimate of drug-likeness (QED) is 0.651. The third kappa shape index (κ3) is 3.70. The molecule has 0 radical (unpaired) electrons. The monoisotopic (exact) mass is 351 g/mol. The number of fused-ring (bicyclic) bond motifs is 1. The third-order valence-corrected chi connectivity index (χ3v) is 8.42. The Bertz CT molecular complexity index is 736. The van der Waals surface area contributed by atoms with Crippen LogP contribution in [0.4, 0.5) is 10.6 Å². The van der Waals surface area contributed by atoms with Gasteiger partial charge in [0.2, 0.25) is 0 Å². The highest BCUT2D eigenvalue weighted by Gasteiger charge is 2.33. The first-order chi connectivity index (χ1) is 11.0. The van der Waals surface area contributed by atoms with Crippen LogP contribution < -0.4 is 10.2 Å². The summed E-state index contributed by atoms with van der Waals surface area (Å²) in [5.74, 6) is 0.837. The maximum atomic E-state index is 10.7. The highest BCUT2D eigenvalue weighted by Crippen LogP contribution is 2.25. The summed E-state index contributed by atoms with van der Waals surface area (Å²) in [6.07, 6.45) is 1.40. The van der Waals surface area contributed by atoms with Crippen molar-refractivity contribution < 1.29 is 9.90 Å². The molecule has 1 aliphatic heterocycles. The fraction of sp³-hybridized carbons (Fsp3) is 0.429. The van der Waals surface area contributed by atoms with Crippen molar-refractivity contribution in [3.05, 3.63) is 23.5 Å². The molecule has 0 atom stereocenters. The fourth-order valence-corrected chi connectivity index (χ4v) is 5.71. The molecule has 7 nitrogen and oxygen atoms in total. The van der Waals surface area contributed by atoms with Gasteiger partial charge in [-0.1, -0.05) is 18.1 Å². The maximum absolute atomic E-state index is 10.7. The summed E-state index contributed by atoms with van der Waals surface area (Å²) < 4.78 is 0. The molecule has 1 saturated heterocycles. The van der Waals surface area contributed by atoms with Gasteiger partial charge in [-0.2, -0.15) is 0 Å². The summed E-state index contributed by atoms with van der Waals surface area (Å²) >= 11 is 5.86. The number of carbonyl (C=O) groups is 1. The minimum Gasteiger partial charge on any atom is -0.465 e. The van der Waals surface area contributed by atoms with Gasteiger partial charge >= 0.3 is 6.09 Å². The summed E-state index contributed by atoms with van der Waals surface area (Å²) in [4.78, 5) is 26.0. The molecule has 0 saturated carbocycles. The average Bonchev–Trinajstić information content (AvgIpc) is 2.53. The number of halogens is 1. The van der Waals surface area contributed by atoms with E-state index in [9.17, 15) is 4.79 Å². The van der Waals surface area contributed by atoms with Gasteiger partial charge in [0.05, 0.1) is 14.3 Å². The zero-order valence-electron chi connectivity index (χ0n) is 12.8. The SMILES string of the molecule is C[Si]1(CNC(=O)O)CCN(c2cnc3nc(Cl)ccc3n2)CC1. The van der Waals surface area contributed by atoms with Crippen LogP contribution in [0.5, 0.6) is 0 Å². The average molecular weight is 352 g/mol. The molecule has 0 spiro atoms. The van der Waals surface area contributed by atoms with Crippen LogP contribution in [0.2, 0.25) is 23.8 Å². The van der Waals surface area contributed by atoms with Crippen LogP contribution in [0.3, 0.4) is 0 Å². The summed E-state index contributed by atoms with van der Waals surface area (Å²) in [5.41, 5.74) is 1.27. The third-order valence-electron chi connectivity index (χ3n) is 4.32. The maximum Gasteiger partial charge on any atom is 0.404 e. The van der Waals surface area contributed by atoms with Crippen molar-refractivity contribution in [3.8, 4) is 0 Å². The van der Waals surface area contributed by atoms with Crippen LogP contribution in [0.25, 0.3) is 11.2 Å². The predicted molar refractivity (Wildman–Crippen MR) is 91.8 cm³/mol. The Morgan fingerprint density at radius 1 is 1.39 bits per heavy atom. The van der Waals surface area contributed by atoms with Gasteiger partial charge in [0.25, 0.3) is 0 Å². The van der Waals surface area contributed by atoms with Gasteiger partial charge < -0.3 is 15.3 Å². The highest BCUT2D eigenvalue weighted by molar-refractivity contribution is 6.79. The number of rotatable bonds is 3. The molecule has 1 fully saturated rings. The fourth-order valence-electron chi connectivity index (χ4n) is 2.77. The van der Waals surface area contributed by atoms with E-state index in [1.165, 1.54) is 0 Å². The minimum absolute atomic E-state index is 0.408. The number of aromatic nitrogens is 3.